The minimum atomic E-state index is -0.270. The Kier molecular flexibility index (Phi) is 4.65. The van der Waals surface area contributed by atoms with Crippen molar-refractivity contribution in [1.29, 1.82) is 0 Å². The lowest BCUT2D eigenvalue weighted by molar-refractivity contribution is 0.149. The molecule has 1 aliphatic carbocycles. The molecular weight excluding hydrogens is 166 g/mol. The molecule has 0 spiro atoms. The van der Waals surface area contributed by atoms with Gasteiger partial charge in [-0.1, -0.05) is 19.3 Å². The highest BCUT2D eigenvalue weighted by molar-refractivity contribution is 5.66. The highest BCUT2D eigenvalue weighted by Gasteiger charge is 2.14. The van der Waals surface area contributed by atoms with Crippen molar-refractivity contribution in [3.8, 4) is 0 Å². The molecule has 0 saturated heterocycles. The van der Waals surface area contributed by atoms with Gasteiger partial charge in [-0.2, -0.15) is 0 Å². The van der Waals surface area contributed by atoms with Crippen LogP contribution >= 0.6 is 0 Å². The number of amides is 1. The number of carbonyl (C=O) groups is 1. The number of rotatable bonds is 3. The molecule has 0 aliphatic heterocycles. The maximum absolute atomic E-state index is 11.0. The summed E-state index contributed by atoms with van der Waals surface area (Å²) in [5.74, 6) is 0.679. The van der Waals surface area contributed by atoms with Gasteiger partial charge in [0.2, 0.25) is 0 Å². The van der Waals surface area contributed by atoms with Gasteiger partial charge in [-0.05, 0) is 25.7 Å². The molecule has 0 atom stereocenters. The van der Waals surface area contributed by atoms with Crippen molar-refractivity contribution in [2.75, 3.05) is 13.2 Å². The second kappa shape index (κ2) is 5.84. The van der Waals surface area contributed by atoms with Crippen molar-refractivity contribution < 1.29 is 9.53 Å². The molecule has 0 heterocycles. The van der Waals surface area contributed by atoms with E-state index in [0.29, 0.717) is 12.5 Å². The first-order chi connectivity index (χ1) is 6.33. The minimum Gasteiger partial charge on any atom is -0.450 e. The van der Waals surface area contributed by atoms with Crippen molar-refractivity contribution in [3.05, 3.63) is 0 Å². The largest absolute Gasteiger partial charge is 0.450 e. The second-order valence-electron chi connectivity index (χ2n) is 3.61. The zero-order valence-corrected chi connectivity index (χ0v) is 8.34. The van der Waals surface area contributed by atoms with E-state index >= 15 is 0 Å². The highest BCUT2D eigenvalue weighted by Crippen LogP contribution is 2.22. The lowest BCUT2D eigenvalue weighted by Crippen LogP contribution is -2.30. The Hall–Kier alpha value is -0.730. The van der Waals surface area contributed by atoms with Gasteiger partial charge in [-0.15, -0.1) is 0 Å². The van der Waals surface area contributed by atoms with Crippen LogP contribution in [0.15, 0.2) is 0 Å². The average Bonchev–Trinajstić information content (AvgIpc) is 2.17. The summed E-state index contributed by atoms with van der Waals surface area (Å²) in [6.45, 7) is 3.07. The molecule has 0 aromatic rings. The topological polar surface area (TPSA) is 38.3 Å². The molecule has 0 unspecified atom stereocenters. The van der Waals surface area contributed by atoms with Crippen LogP contribution < -0.4 is 5.32 Å². The van der Waals surface area contributed by atoms with Crippen molar-refractivity contribution in [2.45, 2.75) is 39.0 Å². The molecule has 1 saturated carbocycles. The van der Waals surface area contributed by atoms with E-state index in [1.807, 2.05) is 6.92 Å². The van der Waals surface area contributed by atoms with Gasteiger partial charge in [-0.3, -0.25) is 0 Å². The fraction of sp³-hybridized carbons (Fsp3) is 0.900. The second-order valence-corrected chi connectivity index (χ2v) is 3.61. The number of hydrogen-bond donors (Lipinski definition) is 1. The first-order valence-electron chi connectivity index (χ1n) is 5.23. The Morgan fingerprint density at radius 1 is 1.38 bits per heavy atom. The standard InChI is InChI=1S/C10H19NO2/c1-2-13-10(12)11-8-9-6-4-3-5-7-9/h9H,2-8H2,1H3,(H,11,12). The summed E-state index contributed by atoms with van der Waals surface area (Å²) >= 11 is 0. The Balaban J connectivity index is 2.06. The molecule has 1 N–H and O–H groups in total. The van der Waals surface area contributed by atoms with Crippen molar-refractivity contribution in [2.24, 2.45) is 5.92 Å². The van der Waals surface area contributed by atoms with Crippen LogP contribution in [0.4, 0.5) is 4.79 Å². The number of alkyl carbamates (subject to hydrolysis) is 1. The molecule has 0 aromatic heterocycles. The summed E-state index contributed by atoms with van der Waals surface area (Å²) in [7, 11) is 0. The lowest BCUT2D eigenvalue weighted by Gasteiger charge is -2.21. The molecule has 0 radical (unpaired) electrons. The Bertz CT molecular complexity index is 153. The van der Waals surface area contributed by atoms with E-state index < -0.39 is 0 Å². The van der Waals surface area contributed by atoms with Gasteiger partial charge in [0, 0.05) is 6.54 Å². The van der Waals surface area contributed by atoms with Gasteiger partial charge in [0.05, 0.1) is 6.61 Å². The Labute approximate surface area is 79.8 Å². The van der Waals surface area contributed by atoms with E-state index in [-0.39, 0.29) is 6.09 Å². The maximum Gasteiger partial charge on any atom is 0.407 e. The van der Waals surface area contributed by atoms with Gasteiger partial charge in [0.15, 0.2) is 0 Å². The Morgan fingerprint density at radius 3 is 2.69 bits per heavy atom. The van der Waals surface area contributed by atoms with Crippen LogP contribution in [0.2, 0.25) is 0 Å². The maximum atomic E-state index is 11.0. The third-order valence-electron chi connectivity index (χ3n) is 2.54. The van der Waals surface area contributed by atoms with Crippen molar-refractivity contribution >= 4 is 6.09 Å². The number of carbonyl (C=O) groups excluding carboxylic acids is 1. The van der Waals surface area contributed by atoms with Crippen LogP contribution in [-0.4, -0.2) is 19.2 Å². The molecule has 3 nitrogen and oxygen atoms in total. The third kappa shape index (κ3) is 4.15. The monoisotopic (exact) mass is 185 g/mol. The van der Waals surface area contributed by atoms with Crippen LogP contribution in [0.25, 0.3) is 0 Å². The molecule has 0 aromatic carbocycles. The van der Waals surface area contributed by atoms with Crippen LogP contribution in [0.3, 0.4) is 0 Å². The highest BCUT2D eigenvalue weighted by atomic mass is 16.5. The van der Waals surface area contributed by atoms with Gasteiger partial charge >= 0.3 is 6.09 Å². The van der Waals surface area contributed by atoms with Gasteiger partial charge in [-0.25, -0.2) is 4.79 Å². The molecule has 76 valence electrons. The summed E-state index contributed by atoms with van der Waals surface area (Å²) < 4.78 is 4.78. The predicted molar refractivity (Wildman–Crippen MR) is 51.6 cm³/mol. The molecule has 1 amide bonds. The SMILES string of the molecule is CCOC(=O)NCC1CCCCC1. The summed E-state index contributed by atoms with van der Waals surface area (Å²) in [4.78, 5) is 11.0. The van der Waals surface area contributed by atoms with Crippen molar-refractivity contribution in [3.63, 3.8) is 0 Å². The zero-order valence-electron chi connectivity index (χ0n) is 8.34. The molecular formula is C10H19NO2. The summed E-state index contributed by atoms with van der Waals surface area (Å²) in [5.41, 5.74) is 0. The number of hydrogen-bond acceptors (Lipinski definition) is 2. The molecule has 1 aliphatic rings. The van der Waals surface area contributed by atoms with E-state index in [1.165, 1.54) is 32.1 Å². The number of ether oxygens (including phenoxy) is 1. The first-order valence-corrected chi connectivity index (χ1v) is 5.23. The third-order valence-corrected chi connectivity index (χ3v) is 2.54. The summed E-state index contributed by atoms with van der Waals surface area (Å²) in [6, 6.07) is 0. The van der Waals surface area contributed by atoms with Gasteiger partial charge in [0.25, 0.3) is 0 Å². The smallest absolute Gasteiger partial charge is 0.407 e. The fourth-order valence-electron chi connectivity index (χ4n) is 1.80. The van der Waals surface area contributed by atoms with Gasteiger partial charge in [0.1, 0.15) is 0 Å². The average molecular weight is 185 g/mol. The molecule has 1 rings (SSSR count). The van der Waals surface area contributed by atoms with Crippen LogP contribution in [-0.2, 0) is 4.74 Å². The quantitative estimate of drug-likeness (QED) is 0.732. The first kappa shape index (κ1) is 10.4. The summed E-state index contributed by atoms with van der Waals surface area (Å²) in [5, 5.41) is 2.79. The zero-order chi connectivity index (χ0) is 9.52. The molecule has 3 heteroatoms. The van der Waals surface area contributed by atoms with Gasteiger partial charge < -0.3 is 10.1 Å². The fourth-order valence-corrected chi connectivity index (χ4v) is 1.80. The van der Waals surface area contributed by atoms with E-state index in [4.69, 9.17) is 4.74 Å². The normalized spacial score (nSPS) is 18.2. The predicted octanol–water partition coefficient (Wildman–Crippen LogP) is 2.31. The van der Waals surface area contributed by atoms with Crippen LogP contribution in [0.1, 0.15) is 39.0 Å². The molecule has 1 fully saturated rings. The van der Waals surface area contributed by atoms with Crippen LogP contribution in [0.5, 0.6) is 0 Å². The van der Waals surface area contributed by atoms with E-state index in [2.05, 4.69) is 5.32 Å². The van der Waals surface area contributed by atoms with E-state index in [1.54, 1.807) is 0 Å². The van der Waals surface area contributed by atoms with Crippen molar-refractivity contribution in [1.82, 2.24) is 5.32 Å². The number of nitrogens with one attached hydrogen (secondary N) is 1. The summed E-state index contributed by atoms with van der Waals surface area (Å²) in [6.07, 6.45) is 6.23. The molecule has 0 bridgehead atoms. The van der Waals surface area contributed by atoms with Crippen LogP contribution in [0, 0.1) is 5.92 Å². The van der Waals surface area contributed by atoms with E-state index in [9.17, 15) is 4.79 Å². The van der Waals surface area contributed by atoms with E-state index in [0.717, 1.165) is 6.54 Å². The minimum absolute atomic E-state index is 0.270. The Morgan fingerprint density at radius 2 is 2.08 bits per heavy atom. The molecule has 13 heavy (non-hydrogen) atoms. The lowest BCUT2D eigenvalue weighted by atomic mass is 9.89.